The van der Waals surface area contributed by atoms with Crippen molar-refractivity contribution in [2.75, 3.05) is 17.8 Å². The maximum atomic E-state index is 12.1. The molecule has 0 spiro atoms. The van der Waals surface area contributed by atoms with Crippen molar-refractivity contribution in [2.45, 2.75) is 24.5 Å². The fraction of sp³-hybridized carbons (Fsp3) is 0.286. The molecule has 202 valence electrons. The van der Waals surface area contributed by atoms with E-state index < -0.39 is 52.1 Å². The summed E-state index contributed by atoms with van der Waals surface area (Å²) in [6, 6.07) is 13.6. The van der Waals surface area contributed by atoms with Gasteiger partial charge in [-0.2, -0.15) is 9.97 Å². The van der Waals surface area contributed by atoms with Gasteiger partial charge in [-0.3, -0.25) is 13.7 Å². The zero-order valence-electron chi connectivity index (χ0n) is 19.4. The molecule has 17 heteroatoms. The third kappa shape index (κ3) is 5.75. The van der Waals surface area contributed by atoms with Crippen molar-refractivity contribution in [2.24, 2.45) is 0 Å². The molecule has 0 saturated carbocycles. The number of aromatic nitrogens is 4. The zero-order valence-corrected chi connectivity index (χ0v) is 21.9. The molecular formula is C21H23ClN6O8P2. The Kier molecular flexibility index (Phi) is 7.31. The minimum Gasteiger partial charge on any atom is -0.387 e. The number of rotatable bonds is 8. The quantitative estimate of drug-likeness (QED) is 0.117. The molecule has 4 aromatic rings. The molecule has 3 heterocycles. The molecule has 0 bridgehead atoms. The second-order valence-corrected chi connectivity index (χ2v) is 13.3. The summed E-state index contributed by atoms with van der Waals surface area (Å²) in [7, 11) is -9.22. The van der Waals surface area contributed by atoms with Gasteiger partial charge in [-0.05, 0) is 34.5 Å². The molecule has 1 fully saturated rings. The van der Waals surface area contributed by atoms with Crippen LogP contribution in [0.15, 0.2) is 48.8 Å². The summed E-state index contributed by atoms with van der Waals surface area (Å²) in [5.41, 5.74) is 1.21. The first kappa shape index (κ1) is 27.1. The largest absolute Gasteiger partial charge is 0.387 e. The van der Waals surface area contributed by atoms with Gasteiger partial charge in [0.05, 0.1) is 6.33 Å². The van der Waals surface area contributed by atoms with E-state index in [-0.39, 0.29) is 10.9 Å². The van der Waals surface area contributed by atoms with Crippen molar-refractivity contribution < 1.29 is 38.8 Å². The van der Waals surface area contributed by atoms with Crippen molar-refractivity contribution in [1.82, 2.24) is 24.6 Å². The van der Waals surface area contributed by atoms with E-state index in [0.717, 1.165) is 16.5 Å². The molecule has 2 aromatic carbocycles. The first-order chi connectivity index (χ1) is 17.9. The predicted octanol–water partition coefficient (Wildman–Crippen LogP) is 1.91. The summed E-state index contributed by atoms with van der Waals surface area (Å²) in [5, 5.41) is 28.3. The van der Waals surface area contributed by atoms with Gasteiger partial charge in [0.2, 0.25) is 5.28 Å². The Morgan fingerprint density at radius 3 is 2.50 bits per heavy atom. The molecule has 1 aliphatic rings. The van der Waals surface area contributed by atoms with Crippen LogP contribution in [-0.2, 0) is 13.9 Å². The number of anilines is 2. The van der Waals surface area contributed by atoms with Crippen LogP contribution in [0.3, 0.4) is 0 Å². The van der Waals surface area contributed by atoms with Gasteiger partial charge in [0.15, 0.2) is 23.2 Å². The summed E-state index contributed by atoms with van der Waals surface area (Å²) in [6.07, 6.45) is -4.09. The average molecular weight is 585 g/mol. The van der Waals surface area contributed by atoms with Gasteiger partial charge in [-0.15, -0.1) is 0 Å². The number of halogens is 1. The van der Waals surface area contributed by atoms with Gasteiger partial charge in [0.25, 0.3) is 7.52 Å². The number of nitrogens with zero attached hydrogens (tertiary/aromatic N) is 4. The number of hydrogen-bond acceptors (Lipinski definition) is 9. The van der Waals surface area contributed by atoms with Gasteiger partial charge in [0.1, 0.15) is 24.2 Å². The normalized spacial score (nSPS) is 23.6. The van der Waals surface area contributed by atoms with Crippen LogP contribution in [0, 0.1) is 0 Å². The molecule has 0 aliphatic carbocycles. The molecule has 7 N–H and O–H groups in total. The highest BCUT2D eigenvalue weighted by Gasteiger charge is 2.45. The smallest absolute Gasteiger partial charge is 0.336 e. The summed E-state index contributed by atoms with van der Waals surface area (Å²) in [6.45, 7) is -0.473. The molecule has 0 radical (unpaired) electrons. The predicted molar refractivity (Wildman–Crippen MR) is 138 cm³/mol. The van der Waals surface area contributed by atoms with Gasteiger partial charge < -0.3 is 34.9 Å². The molecule has 2 aromatic heterocycles. The lowest BCUT2D eigenvalue weighted by Gasteiger charge is -2.19. The van der Waals surface area contributed by atoms with Crippen molar-refractivity contribution in [3.05, 3.63) is 54.1 Å². The molecule has 3 unspecified atom stereocenters. The van der Waals surface area contributed by atoms with Gasteiger partial charge in [0, 0.05) is 12.2 Å². The molecular weight excluding hydrogens is 562 g/mol. The topological polar surface area (TPSA) is 212 Å². The van der Waals surface area contributed by atoms with Crippen molar-refractivity contribution in [1.29, 1.82) is 0 Å². The molecule has 14 nitrogen and oxygen atoms in total. The molecule has 5 atom stereocenters. The third-order valence-corrected chi connectivity index (χ3v) is 9.79. The van der Waals surface area contributed by atoms with Crippen molar-refractivity contribution in [3.63, 3.8) is 0 Å². The van der Waals surface area contributed by atoms with Gasteiger partial charge >= 0.3 is 7.60 Å². The number of nitrogens with one attached hydrogen (secondary N) is 2. The summed E-state index contributed by atoms with van der Waals surface area (Å²) >= 11 is 6.18. The lowest BCUT2D eigenvalue weighted by Crippen LogP contribution is -2.37. The standard InChI is InChI=1S/C21H23ClN6O8P2/c22-21-26-18(25-13-6-5-11-3-1-2-4-12(11)7-13)15-19(27-21)28(9-23-15)20-17(30)16(29)14(36-20)8-24-37(31,32)10-38(33,34)35/h1-7,9,14,16-17,20,29-30H,8,10H2,(H2,24,31,32)(H,25,26,27)(H2,33,34,35)/t14-,16?,17?,20-/m1/s1. The Balaban J connectivity index is 1.39. The van der Waals surface area contributed by atoms with Crippen molar-refractivity contribution >= 4 is 60.2 Å². The second-order valence-electron chi connectivity index (χ2n) is 8.77. The van der Waals surface area contributed by atoms with Crippen LogP contribution in [-0.4, -0.2) is 75.2 Å². The Hall–Kier alpha value is -2.48. The van der Waals surface area contributed by atoms with Crippen LogP contribution in [0.5, 0.6) is 0 Å². The number of imidazole rings is 1. The average Bonchev–Trinajstić information content (AvgIpc) is 3.37. The van der Waals surface area contributed by atoms with E-state index >= 15 is 0 Å². The lowest BCUT2D eigenvalue weighted by atomic mass is 10.1. The number of ether oxygens (including phenoxy) is 1. The number of hydrogen-bond donors (Lipinski definition) is 7. The monoisotopic (exact) mass is 584 g/mol. The van der Waals surface area contributed by atoms with Crippen molar-refractivity contribution in [3.8, 4) is 0 Å². The SMILES string of the molecule is O=P(O)(O)CP(=O)(O)NC[C@H]1O[C@@H](n2cnc3c(Nc4ccc5ccccc5c4)nc(Cl)nc32)C(O)C1O. The maximum absolute atomic E-state index is 12.1. The second kappa shape index (κ2) is 10.2. The molecule has 5 rings (SSSR count). The van der Waals surface area contributed by atoms with Crippen LogP contribution in [0.2, 0.25) is 5.28 Å². The number of benzene rings is 2. The highest BCUT2D eigenvalue weighted by Crippen LogP contribution is 2.52. The molecule has 1 aliphatic heterocycles. The van der Waals surface area contributed by atoms with E-state index in [1.165, 1.54) is 10.9 Å². The number of aliphatic hydroxyl groups is 2. The Morgan fingerprint density at radius 2 is 1.76 bits per heavy atom. The summed E-state index contributed by atoms with van der Waals surface area (Å²) < 4.78 is 30.2. The van der Waals surface area contributed by atoms with E-state index in [2.05, 4.69) is 25.4 Å². The van der Waals surface area contributed by atoms with Crippen LogP contribution >= 0.6 is 26.7 Å². The fourth-order valence-electron chi connectivity index (χ4n) is 4.23. The first-order valence-corrected chi connectivity index (χ1v) is 15.2. The summed E-state index contributed by atoms with van der Waals surface area (Å²) in [4.78, 5) is 40.5. The van der Waals surface area contributed by atoms with E-state index in [1.807, 2.05) is 42.5 Å². The van der Waals surface area contributed by atoms with Gasteiger partial charge in [-0.25, -0.2) is 10.1 Å². The Morgan fingerprint density at radius 1 is 1.03 bits per heavy atom. The zero-order chi connectivity index (χ0) is 27.2. The third-order valence-electron chi connectivity index (χ3n) is 5.93. The number of aliphatic hydroxyl groups excluding tert-OH is 2. The Labute approximate surface area is 219 Å². The fourth-order valence-corrected chi connectivity index (χ4v) is 7.25. The van der Waals surface area contributed by atoms with E-state index in [0.29, 0.717) is 11.3 Å². The molecule has 38 heavy (non-hydrogen) atoms. The first-order valence-electron chi connectivity index (χ1n) is 11.2. The van der Waals surface area contributed by atoms with E-state index in [9.17, 15) is 24.2 Å². The van der Waals surface area contributed by atoms with Crippen LogP contribution in [0.4, 0.5) is 11.5 Å². The van der Waals surface area contributed by atoms with E-state index in [1.54, 1.807) is 0 Å². The summed E-state index contributed by atoms with van der Waals surface area (Å²) in [5.74, 6) is -0.998. The highest BCUT2D eigenvalue weighted by molar-refractivity contribution is 7.71. The van der Waals surface area contributed by atoms with Crippen LogP contribution in [0.1, 0.15) is 6.23 Å². The molecule has 0 amide bonds. The van der Waals surface area contributed by atoms with Gasteiger partial charge in [-0.1, -0.05) is 30.3 Å². The van der Waals surface area contributed by atoms with Crippen LogP contribution < -0.4 is 10.4 Å². The van der Waals surface area contributed by atoms with E-state index in [4.69, 9.17) is 26.1 Å². The minimum atomic E-state index is -4.78. The highest BCUT2D eigenvalue weighted by atomic mass is 35.5. The Bertz CT molecular complexity index is 1600. The minimum absolute atomic E-state index is 0.118. The lowest BCUT2D eigenvalue weighted by molar-refractivity contribution is -0.0331. The van der Waals surface area contributed by atoms with Crippen LogP contribution in [0.25, 0.3) is 21.9 Å². The molecule has 1 saturated heterocycles. The maximum Gasteiger partial charge on any atom is 0.336 e. The number of fused-ring (bicyclic) bond motifs is 2.